The van der Waals surface area contributed by atoms with Crippen LogP contribution in [0.2, 0.25) is 0 Å². The Morgan fingerprint density at radius 2 is 1.84 bits per heavy atom. The minimum Gasteiger partial charge on any atom is -0.352 e. The van der Waals surface area contributed by atoms with E-state index in [1.54, 1.807) is 13.8 Å². The monoisotopic (exact) mass is 268 g/mol. The van der Waals surface area contributed by atoms with Crippen LogP contribution in [0.5, 0.6) is 0 Å². The highest BCUT2D eigenvalue weighted by Gasteiger charge is 2.27. The van der Waals surface area contributed by atoms with Gasteiger partial charge in [0.05, 0.1) is 6.04 Å². The van der Waals surface area contributed by atoms with E-state index in [9.17, 15) is 13.6 Å². The molecule has 19 heavy (non-hydrogen) atoms. The Hall–Kier alpha value is -1.49. The van der Waals surface area contributed by atoms with Gasteiger partial charge in [-0.1, -0.05) is 6.07 Å². The van der Waals surface area contributed by atoms with Crippen molar-refractivity contribution in [3.05, 3.63) is 35.4 Å². The van der Waals surface area contributed by atoms with Gasteiger partial charge >= 0.3 is 0 Å². The molecule has 0 aromatic heterocycles. The van der Waals surface area contributed by atoms with E-state index in [-0.39, 0.29) is 17.5 Å². The number of halogens is 2. The first kappa shape index (κ1) is 13.9. The number of benzene rings is 1. The third kappa shape index (κ3) is 3.50. The summed E-state index contributed by atoms with van der Waals surface area (Å²) < 4.78 is 27.2. The molecule has 1 aromatic carbocycles. The smallest absolute Gasteiger partial charge is 0.237 e. The lowest BCUT2D eigenvalue weighted by Crippen LogP contribution is -2.44. The van der Waals surface area contributed by atoms with Gasteiger partial charge in [-0.25, -0.2) is 8.78 Å². The maximum absolute atomic E-state index is 13.6. The summed E-state index contributed by atoms with van der Waals surface area (Å²) in [5, 5.41) is 5.77. The van der Waals surface area contributed by atoms with Gasteiger partial charge in [-0.2, -0.15) is 0 Å². The maximum atomic E-state index is 13.6. The van der Waals surface area contributed by atoms with E-state index in [4.69, 9.17) is 0 Å². The molecule has 0 aliphatic heterocycles. The van der Waals surface area contributed by atoms with E-state index in [1.165, 1.54) is 18.2 Å². The van der Waals surface area contributed by atoms with E-state index in [1.807, 2.05) is 0 Å². The fourth-order valence-electron chi connectivity index (χ4n) is 2.01. The first-order chi connectivity index (χ1) is 8.99. The highest BCUT2D eigenvalue weighted by atomic mass is 19.1. The van der Waals surface area contributed by atoms with Crippen molar-refractivity contribution in [2.24, 2.45) is 0 Å². The zero-order chi connectivity index (χ0) is 14.0. The van der Waals surface area contributed by atoms with Crippen LogP contribution < -0.4 is 10.6 Å². The standard InChI is InChI=1S/C14H18F2N2O/c1-8(13-11(15)4-3-5-12(13)16)17-9(2)14(19)18-10-6-7-10/h3-5,8-10,17H,6-7H2,1-2H3,(H,18,19). The molecule has 2 unspecified atom stereocenters. The molecule has 0 bridgehead atoms. The Kier molecular flexibility index (Phi) is 4.14. The molecule has 2 atom stereocenters. The van der Waals surface area contributed by atoms with Crippen molar-refractivity contribution in [1.82, 2.24) is 10.6 Å². The van der Waals surface area contributed by atoms with Crippen molar-refractivity contribution in [1.29, 1.82) is 0 Å². The predicted molar refractivity (Wildman–Crippen MR) is 68.5 cm³/mol. The van der Waals surface area contributed by atoms with Crippen LogP contribution in [-0.2, 0) is 4.79 Å². The summed E-state index contributed by atoms with van der Waals surface area (Å²) in [6.45, 7) is 3.33. The lowest BCUT2D eigenvalue weighted by molar-refractivity contribution is -0.123. The molecule has 3 nitrogen and oxygen atoms in total. The maximum Gasteiger partial charge on any atom is 0.237 e. The third-order valence-corrected chi connectivity index (χ3v) is 3.25. The van der Waals surface area contributed by atoms with Gasteiger partial charge in [0, 0.05) is 17.6 Å². The molecular weight excluding hydrogens is 250 g/mol. The van der Waals surface area contributed by atoms with Crippen LogP contribution in [0.25, 0.3) is 0 Å². The van der Waals surface area contributed by atoms with Gasteiger partial charge in [0.25, 0.3) is 0 Å². The van der Waals surface area contributed by atoms with Gasteiger partial charge in [-0.15, -0.1) is 0 Å². The quantitative estimate of drug-likeness (QED) is 0.860. The lowest BCUT2D eigenvalue weighted by Gasteiger charge is -2.20. The minimum absolute atomic E-state index is 0.0337. The fraction of sp³-hybridized carbons (Fsp3) is 0.500. The highest BCUT2D eigenvalue weighted by molar-refractivity contribution is 5.81. The molecule has 5 heteroatoms. The largest absolute Gasteiger partial charge is 0.352 e. The number of rotatable bonds is 5. The molecule has 0 radical (unpaired) electrons. The molecule has 1 aliphatic rings. The average Bonchev–Trinajstić information content (AvgIpc) is 3.12. The van der Waals surface area contributed by atoms with Crippen molar-refractivity contribution in [3.8, 4) is 0 Å². The van der Waals surface area contributed by atoms with E-state index in [2.05, 4.69) is 10.6 Å². The Balaban J connectivity index is 1.99. The molecule has 1 amide bonds. The van der Waals surface area contributed by atoms with E-state index in [0.717, 1.165) is 12.8 Å². The van der Waals surface area contributed by atoms with Crippen LogP contribution in [-0.4, -0.2) is 18.0 Å². The predicted octanol–water partition coefficient (Wildman–Crippen LogP) is 2.28. The molecule has 1 saturated carbocycles. The Labute approximate surface area is 111 Å². The average molecular weight is 268 g/mol. The van der Waals surface area contributed by atoms with Crippen LogP contribution in [0.15, 0.2) is 18.2 Å². The van der Waals surface area contributed by atoms with E-state index < -0.39 is 23.7 Å². The number of nitrogens with one attached hydrogen (secondary N) is 2. The van der Waals surface area contributed by atoms with Crippen molar-refractivity contribution in [3.63, 3.8) is 0 Å². The first-order valence-electron chi connectivity index (χ1n) is 6.49. The summed E-state index contributed by atoms with van der Waals surface area (Å²) in [5.41, 5.74) is -0.0337. The fourth-order valence-corrected chi connectivity index (χ4v) is 2.01. The van der Waals surface area contributed by atoms with Gasteiger partial charge in [0.2, 0.25) is 5.91 Å². The number of hydrogen-bond acceptors (Lipinski definition) is 2. The summed E-state index contributed by atoms with van der Waals surface area (Å²) in [6.07, 6.45) is 2.02. The molecular formula is C14H18F2N2O. The van der Waals surface area contributed by atoms with Crippen LogP contribution in [0.1, 0.15) is 38.3 Å². The SMILES string of the molecule is CC(NC(C)c1c(F)cccc1F)C(=O)NC1CC1. The summed E-state index contributed by atoms with van der Waals surface area (Å²) in [5.74, 6) is -1.34. The van der Waals surface area contributed by atoms with Gasteiger partial charge in [-0.05, 0) is 38.8 Å². The second kappa shape index (κ2) is 5.65. The summed E-state index contributed by atoms with van der Waals surface area (Å²) in [4.78, 5) is 11.8. The van der Waals surface area contributed by atoms with Gasteiger partial charge in [0.15, 0.2) is 0 Å². The number of carbonyl (C=O) groups excluding carboxylic acids is 1. The van der Waals surface area contributed by atoms with Gasteiger partial charge in [-0.3, -0.25) is 10.1 Å². The zero-order valence-corrected chi connectivity index (χ0v) is 11.0. The number of amides is 1. The van der Waals surface area contributed by atoms with Crippen LogP contribution in [0.4, 0.5) is 8.78 Å². The van der Waals surface area contributed by atoms with Crippen LogP contribution >= 0.6 is 0 Å². The highest BCUT2D eigenvalue weighted by Crippen LogP contribution is 2.21. The molecule has 1 fully saturated rings. The topological polar surface area (TPSA) is 41.1 Å². The Bertz CT molecular complexity index is 454. The molecule has 0 spiro atoms. The van der Waals surface area contributed by atoms with E-state index >= 15 is 0 Å². The lowest BCUT2D eigenvalue weighted by atomic mass is 10.1. The summed E-state index contributed by atoms with van der Waals surface area (Å²) in [7, 11) is 0. The molecule has 104 valence electrons. The number of hydrogen-bond donors (Lipinski definition) is 2. The van der Waals surface area contributed by atoms with Crippen molar-refractivity contribution in [2.75, 3.05) is 0 Å². The summed E-state index contributed by atoms with van der Waals surface area (Å²) >= 11 is 0. The third-order valence-electron chi connectivity index (χ3n) is 3.25. The minimum atomic E-state index is -0.602. The zero-order valence-electron chi connectivity index (χ0n) is 11.0. The molecule has 2 N–H and O–H groups in total. The first-order valence-corrected chi connectivity index (χ1v) is 6.49. The van der Waals surface area contributed by atoms with Crippen LogP contribution in [0, 0.1) is 11.6 Å². The second-order valence-corrected chi connectivity index (χ2v) is 5.03. The Morgan fingerprint density at radius 1 is 1.26 bits per heavy atom. The van der Waals surface area contributed by atoms with Crippen molar-refractivity contribution < 1.29 is 13.6 Å². The second-order valence-electron chi connectivity index (χ2n) is 5.03. The van der Waals surface area contributed by atoms with E-state index in [0.29, 0.717) is 0 Å². The van der Waals surface area contributed by atoms with Crippen molar-refractivity contribution in [2.45, 2.75) is 44.8 Å². The number of carbonyl (C=O) groups is 1. The molecule has 2 rings (SSSR count). The van der Waals surface area contributed by atoms with Crippen molar-refractivity contribution >= 4 is 5.91 Å². The normalized spacial score (nSPS) is 17.9. The van der Waals surface area contributed by atoms with Crippen LogP contribution in [0.3, 0.4) is 0 Å². The molecule has 0 saturated heterocycles. The molecule has 1 aliphatic carbocycles. The van der Waals surface area contributed by atoms with Gasteiger partial charge in [0.1, 0.15) is 11.6 Å². The molecule has 1 aromatic rings. The molecule has 0 heterocycles. The Morgan fingerprint density at radius 3 is 2.37 bits per heavy atom. The summed E-state index contributed by atoms with van der Waals surface area (Å²) in [6, 6.07) is 2.97. The van der Waals surface area contributed by atoms with Gasteiger partial charge < -0.3 is 5.32 Å².